The Morgan fingerprint density at radius 3 is 0.885 bits per heavy atom. The van der Waals surface area contributed by atoms with Gasteiger partial charge in [-0.05, 0) is 86.8 Å². The molecular formula is C58H98N2Ni. The molecule has 0 atom stereocenters. The number of benzene rings is 2. The average Bonchev–Trinajstić information content (AvgIpc) is 3.56. The van der Waals surface area contributed by atoms with Crippen molar-refractivity contribution in [2.75, 3.05) is 0 Å². The Bertz CT molecular complexity index is 1300. The summed E-state index contributed by atoms with van der Waals surface area (Å²) in [6, 6.07) is 17.8. The molecule has 0 amide bonds. The van der Waals surface area contributed by atoms with Crippen molar-refractivity contribution in [2.45, 2.75) is 271 Å². The van der Waals surface area contributed by atoms with E-state index in [-0.39, 0.29) is 0 Å². The van der Waals surface area contributed by atoms with Crippen molar-refractivity contribution in [3.8, 4) is 0 Å². The van der Waals surface area contributed by atoms with Crippen LogP contribution < -0.4 is 0 Å². The van der Waals surface area contributed by atoms with Crippen LogP contribution in [-0.2, 0) is 27.3 Å². The molecule has 2 aromatic carbocycles. The summed E-state index contributed by atoms with van der Waals surface area (Å²) in [5.74, 6) is 0. The van der Waals surface area contributed by atoms with Crippen molar-refractivity contribution in [2.24, 2.45) is 0 Å². The number of allylic oxidation sites excluding steroid dienone is 2. The summed E-state index contributed by atoms with van der Waals surface area (Å²) in [5.41, 5.74) is 21.3. The monoisotopic (exact) mass is 881 g/mol. The number of aryl methyl sites for hydroxylation is 2. The van der Waals surface area contributed by atoms with E-state index < -0.39 is 0 Å². The third-order valence-electron chi connectivity index (χ3n) is 12.7. The molecule has 3 rings (SSSR count). The molecule has 0 spiro atoms. The zero-order chi connectivity index (χ0) is 44.0. The second kappa shape index (κ2) is 38.5. The SMILES string of the molecule is CCCCC1=C(c2ccc(CCCC)cc2)[N+](=[N-])C(c2ccc(CCCC)cc2)=C1CCCC.CCCCCCCCCCCC[CH2][Ni][CH2]CCCCCCCCCCCC. The Morgan fingerprint density at radius 2 is 0.590 bits per heavy atom. The second-order valence-electron chi connectivity index (χ2n) is 18.3. The first kappa shape index (κ1) is 55.1. The number of hydrogen-bond donors (Lipinski definition) is 0. The molecule has 0 radical (unpaired) electrons. The van der Waals surface area contributed by atoms with E-state index in [2.05, 4.69) is 90.1 Å². The summed E-state index contributed by atoms with van der Waals surface area (Å²) >= 11 is 2.03. The topological polar surface area (TPSA) is 25.3 Å². The van der Waals surface area contributed by atoms with Gasteiger partial charge in [0.2, 0.25) is 11.4 Å². The van der Waals surface area contributed by atoms with Crippen molar-refractivity contribution in [1.82, 2.24) is 0 Å². The van der Waals surface area contributed by atoms with Crippen LogP contribution in [0.3, 0.4) is 0 Å². The van der Waals surface area contributed by atoms with E-state index in [0.29, 0.717) is 0 Å². The molecule has 1 aliphatic heterocycles. The van der Waals surface area contributed by atoms with Crippen molar-refractivity contribution in [3.63, 3.8) is 0 Å². The van der Waals surface area contributed by atoms with Crippen LogP contribution in [0.4, 0.5) is 0 Å². The zero-order valence-electron chi connectivity index (χ0n) is 41.3. The molecule has 3 heteroatoms. The maximum atomic E-state index is 11.6. The van der Waals surface area contributed by atoms with Gasteiger partial charge in [0.15, 0.2) is 0 Å². The smallest absolute Gasteiger partial charge is 0.0654 e. The van der Waals surface area contributed by atoms with Crippen molar-refractivity contribution in [3.05, 3.63) is 87.5 Å². The Morgan fingerprint density at radius 1 is 0.328 bits per heavy atom. The van der Waals surface area contributed by atoms with Crippen molar-refractivity contribution in [1.29, 1.82) is 0 Å². The minimum atomic E-state index is 0.992. The molecule has 61 heavy (non-hydrogen) atoms. The predicted molar refractivity (Wildman–Crippen MR) is 269 cm³/mol. The minimum Gasteiger partial charge on any atom is -0.0654 e. The van der Waals surface area contributed by atoms with Gasteiger partial charge in [0.25, 0.3) is 0 Å². The van der Waals surface area contributed by atoms with Gasteiger partial charge in [0, 0.05) is 22.3 Å². The van der Waals surface area contributed by atoms with Crippen LogP contribution in [-0.4, -0.2) is 4.70 Å². The first-order valence-electron chi connectivity index (χ1n) is 26.6. The molecule has 0 bridgehead atoms. The van der Waals surface area contributed by atoms with E-state index in [1.807, 2.05) is 14.4 Å². The van der Waals surface area contributed by atoms with E-state index in [4.69, 9.17) is 0 Å². The van der Waals surface area contributed by atoms with E-state index >= 15 is 0 Å². The first-order chi connectivity index (χ1) is 30.1. The molecule has 0 saturated carbocycles. The number of nitrogens with zero attached hydrogens (tertiary/aromatic N) is 2. The van der Waals surface area contributed by atoms with Gasteiger partial charge in [0.1, 0.15) is 0 Å². The fourth-order valence-corrected chi connectivity index (χ4v) is 9.87. The summed E-state index contributed by atoms with van der Waals surface area (Å²) in [7, 11) is 0. The maximum absolute atomic E-state index is 11.6. The van der Waals surface area contributed by atoms with E-state index in [1.54, 1.807) is 0 Å². The van der Waals surface area contributed by atoms with Crippen molar-refractivity contribution < 1.29 is 19.1 Å². The molecule has 1 aliphatic rings. The predicted octanol–water partition coefficient (Wildman–Crippen LogP) is 20.4. The quantitative estimate of drug-likeness (QED) is 0.0365. The van der Waals surface area contributed by atoms with Crippen molar-refractivity contribution >= 4 is 11.4 Å². The third-order valence-corrected chi connectivity index (χ3v) is 14.1. The summed E-state index contributed by atoms with van der Waals surface area (Å²) in [5, 5.41) is 2.86. The number of unbranched alkanes of at least 4 members (excludes halogenated alkanes) is 24. The molecule has 0 aromatic heterocycles. The van der Waals surface area contributed by atoms with Crippen LogP contribution in [0.25, 0.3) is 16.9 Å². The van der Waals surface area contributed by atoms with Gasteiger partial charge < -0.3 is 5.53 Å². The Balaban J connectivity index is 0.000000434. The Labute approximate surface area is 386 Å². The fourth-order valence-electron chi connectivity index (χ4n) is 8.64. The zero-order valence-corrected chi connectivity index (χ0v) is 42.3. The molecule has 0 unspecified atom stereocenters. The summed E-state index contributed by atoms with van der Waals surface area (Å²) in [6.45, 7) is 13.6. The summed E-state index contributed by atoms with van der Waals surface area (Å²) in [6.07, 6.45) is 46.0. The molecule has 2 aromatic rings. The van der Waals surface area contributed by atoms with Gasteiger partial charge in [-0.15, -0.1) is 0 Å². The van der Waals surface area contributed by atoms with Gasteiger partial charge in [-0.25, -0.2) is 4.70 Å². The van der Waals surface area contributed by atoms with Crippen LogP contribution in [0.1, 0.15) is 269 Å². The molecule has 2 nitrogen and oxygen atoms in total. The summed E-state index contributed by atoms with van der Waals surface area (Å²) in [4.78, 5) is 0. The molecule has 0 saturated heterocycles. The Hall–Kier alpha value is -1.99. The van der Waals surface area contributed by atoms with Crippen LogP contribution in [0.2, 0.25) is 10.8 Å². The second-order valence-corrected chi connectivity index (χ2v) is 19.8. The number of hydrogen-bond acceptors (Lipinski definition) is 0. The normalized spacial score (nSPS) is 12.9. The van der Waals surface area contributed by atoms with E-state index in [9.17, 15) is 5.53 Å². The van der Waals surface area contributed by atoms with Gasteiger partial charge in [-0.3, -0.25) is 0 Å². The van der Waals surface area contributed by atoms with Gasteiger partial charge in [-0.2, -0.15) is 0 Å². The standard InChI is InChI=1S/C32H44N2.2C13H27.Ni/c1-5-9-13-25-17-21-27(22-18-25)31-29(15-11-7-3)30(16-12-8-4)32(34(31)33)28-23-19-26(20-24-28)14-10-6-2;2*1-3-5-7-9-11-13-12-10-8-6-4-2;/h17-24H,5-16H2,1-4H3;2*1,3-13H2,2H3;. The van der Waals surface area contributed by atoms with Crippen LogP contribution in [0, 0.1) is 0 Å². The molecule has 0 fully saturated rings. The van der Waals surface area contributed by atoms with Gasteiger partial charge in [0.05, 0.1) is 0 Å². The fraction of sp³-hybridized carbons (Fsp3) is 0.724. The summed E-state index contributed by atoms with van der Waals surface area (Å²) < 4.78 is 1.51. The van der Waals surface area contributed by atoms with Crippen LogP contribution in [0.15, 0.2) is 59.7 Å². The molecule has 1 heterocycles. The molecule has 0 aliphatic carbocycles. The molecular weight excluding hydrogens is 783 g/mol. The van der Waals surface area contributed by atoms with Crippen LogP contribution in [0.5, 0.6) is 0 Å². The average molecular weight is 882 g/mol. The number of rotatable bonds is 38. The van der Waals surface area contributed by atoms with E-state index in [1.165, 1.54) is 205 Å². The first-order valence-corrected chi connectivity index (χ1v) is 28.0. The molecule has 350 valence electrons. The molecule has 0 N–H and O–H groups in total. The Kier molecular flexibility index (Phi) is 34.8. The van der Waals surface area contributed by atoms with Gasteiger partial charge in [-0.1, -0.05) is 91.5 Å². The van der Waals surface area contributed by atoms with Crippen LogP contribution >= 0.6 is 0 Å². The van der Waals surface area contributed by atoms with Gasteiger partial charge >= 0.3 is 166 Å². The van der Waals surface area contributed by atoms with E-state index in [0.717, 1.165) is 73.9 Å². The third kappa shape index (κ3) is 24.6. The minimum absolute atomic E-state index is 0.992.